The van der Waals surface area contributed by atoms with Crippen LogP contribution < -0.4 is 11.1 Å². The first-order chi connectivity index (χ1) is 8.63. The molecule has 94 valence electrons. The molecule has 2 aromatic rings. The van der Waals surface area contributed by atoms with E-state index in [9.17, 15) is 4.39 Å². The first kappa shape index (κ1) is 12.5. The molecule has 18 heavy (non-hydrogen) atoms. The number of hydrogen-bond donors (Lipinski definition) is 2. The van der Waals surface area contributed by atoms with Crippen molar-refractivity contribution in [1.29, 1.82) is 0 Å². The Kier molecular flexibility index (Phi) is 3.58. The molecule has 1 unspecified atom stereocenters. The van der Waals surface area contributed by atoms with E-state index in [0.717, 1.165) is 16.7 Å². The molecule has 4 heteroatoms. The van der Waals surface area contributed by atoms with E-state index in [1.165, 1.54) is 12.1 Å². The van der Waals surface area contributed by atoms with Crippen LogP contribution in [0.5, 0.6) is 0 Å². The Balaban J connectivity index is 2.48. The summed E-state index contributed by atoms with van der Waals surface area (Å²) in [6.07, 6.45) is 1.69. The maximum absolute atomic E-state index is 13.0. The minimum atomic E-state index is -0.246. The summed E-state index contributed by atoms with van der Waals surface area (Å²) in [4.78, 5) is 4.12. The Labute approximate surface area is 106 Å². The predicted octanol–water partition coefficient (Wildman–Crippen LogP) is 2.42. The number of aromatic nitrogens is 1. The van der Waals surface area contributed by atoms with Crippen LogP contribution in [0.4, 0.5) is 10.2 Å². The number of pyridine rings is 1. The standard InChI is InChI=1S/C14H16FN3/c1-9-7-8-18-14(16)12(9)13(17-2)10-3-5-11(15)6-4-10/h3-8,13,17H,1-2H3,(H2,16,18). The van der Waals surface area contributed by atoms with Crippen molar-refractivity contribution in [3.8, 4) is 0 Å². The Morgan fingerprint density at radius 2 is 1.89 bits per heavy atom. The number of aryl methyl sites for hydroxylation is 1. The fourth-order valence-corrected chi connectivity index (χ4v) is 2.10. The molecule has 0 saturated carbocycles. The van der Waals surface area contributed by atoms with Crippen LogP contribution in [0, 0.1) is 12.7 Å². The topological polar surface area (TPSA) is 50.9 Å². The maximum atomic E-state index is 13.0. The van der Waals surface area contributed by atoms with E-state index in [1.807, 2.05) is 20.0 Å². The third-order valence-electron chi connectivity index (χ3n) is 3.02. The summed E-state index contributed by atoms with van der Waals surface area (Å²) < 4.78 is 13.0. The first-order valence-corrected chi connectivity index (χ1v) is 5.77. The quantitative estimate of drug-likeness (QED) is 0.873. The molecule has 0 radical (unpaired) electrons. The van der Waals surface area contributed by atoms with Crippen LogP contribution in [-0.4, -0.2) is 12.0 Å². The SMILES string of the molecule is CNC(c1ccc(F)cc1)c1c(C)ccnc1N. The normalized spacial score (nSPS) is 12.4. The predicted molar refractivity (Wildman–Crippen MR) is 70.7 cm³/mol. The lowest BCUT2D eigenvalue weighted by Crippen LogP contribution is -2.20. The summed E-state index contributed by atoms with van der Waals surface area (Å²) >= 11 is 0. The number of nitrogens with two attached hydrogens (primary N) is 1. The second-order valence-electron chi connectivity index (χ2n) is 4.20. The Morgan fingerprint density at radius 1 is 1.22 bits per heavy atom. The molecular formula is C14H16FN3. The van der Waals surface area contributed by atoms with Gasteiger partial charge < -0.3 is 11.1 Å². The monoisotopic (exact) mass is 245 g/mol. The van der Waals surface area contributed by atoms with E-state index in [4.69, 9.17) is 5.73 Å². The van der Waals surface area contributed by atoms with Gasteiger partial charge in [-0.05, 0) is 43.3 Å². The van der Waals surface area contributed by atoms with Gasteiger partial charge in [-0.1, -0.05) is 12.1 Å². The van der Waals surface area contributed by atoms with Crippen LogP contribution in [0.15, 0.2) is 36.5 Å². The molecule has 2 rings (SSSR count). The van der Waals surface area contributed by atoms with Crippen molar-refractivity contribution in [2.75, 3.05) is 12.8 Å². The Morgan fingerprint density at radius 3 is 2.44 bits per heavy atom. The Hall–Kier alpha value is -1.94. The highest BCUT2D eigenvalue weighted by atomic mass is 19.1. The van der Waals surface area contributed by atoms with Crippen molar-refractivity contribution in [2.24, 2.45) is 0 Å². The van der Waals surface area contributed by atoms with Crippen molar-refractivity contribution in [1.82, 2.24) is 10.3 Å². The van der Waals surface area contributed by atoms with E-state index in [-0.39, 0.29) is 11.9 Å². The summed E-state index contributed by atoms with van der Waals surface area (Å²) in [6, 6.07) is 8.23. The minimum absolute atomic E-state index is 0.0840. The molecule has 1 aromatic heterocycles. The van der Waals surface area contributed by atoms with E-state index in [0.29, 0.717) is 5.82 Å². The van der Waals surface area contributed by atoms with Crippen molar-refractivity contribution in [3.63, 3.8) is 0 Å². The average Bonchev–Trinajstić information content (AvgIpc) is 2.35. The van der Waals surface area contributed by atoms with E-state index >= 15 is 0 Å². The average molecular weight is 245 g/mol. The summed E-state index contributed by atoms with van der Waals surface area (Å²) in [6.45, 7) is 1.99. The Bertz CT molecular complexity index is 517. The van der Waals surface area contributed by atoms with Crippen LogP contribution >= 0.6 is 0 Å². The molecule has 3 N–H and O–H groups in total. The van der Waals surface area contributed by atoms with Gasteiger partial charge in [0.15, 0.2) is 0 Å². The number of hydrogen-bond acceptors (Lipinski definition) is 3. The van der Waals surface area contributed by atoms with Gasteiger partial charge in [0.05, 0.1) is 6.04 Å². The minimum Gasteiger partial charge on any atom is -0.383 e. The number of rotatable bonds is 3. The van der Waals surface area contributed by atoms with Crippen molar-refractivity contribution in [3.05, 3.63) is 59.0 Å². The number of benzene rings is 1. The third kappa shape index (κ3) is 2.33. The summed E-state index contributed by atoms with van der Waals surface area (Å²) in [5, 5.41) is 3.19. The molecule has 0 fully saturated rings. The molecule has 0 aliphatic carbocycles. The molecule has 0 amide bonds. The van der Waals surface area contributed by atoms with Crippen LogP contribution in [0.2, 0.25) is 0 Å². The number of halogens is 1. The highest BCUT2D eigenvalue weighted by Crippen LogP contribution is 2.28. The highest BCUT2D eigenvalue weighted by molar-refractivity contribution is 5.49. The molecule has 1 aromatic carbocycles. The second kappa shape index (κ2) is 5.14. The third-order valence-corrected chi connectivity index (χ3v) is 3.02. The molecule has 0 saturated heterocycles. The van der Waals surface area contributed by atoms with Gasteiger partial charge in [-0.2, -0.15) is 0 Å². The number of anilines is 1. The zero-order valence-electron chi connectivity index (χ0n) is 10.4. The molecule has 3 nitrogen and oxygen atoms in total. The smallest absolute Gasteiger partial charge is 0.128 e. The highest BCUT2D eigenvalue weighted by Gasteiger charge is 2.17. The summed E-state index contributed by atoms with van der Waals surface area (Å²) in [5.74, 6) is 0.253. The van der Waals surface area contributed by atoms with Crippen molar-refractivity contribution in [2.45, 2.75) is 13.0 Å². The van der Waals surface area contributed by atoms with Gasteiger partial charge in [-0.3, -0.25) is 0 Å². The molecule has 1 heterocycles. The van der Waals surface area contributed by atoms with Gasteiger partial charge >= 0.3 is 0 Å². The van der Waals surface area contributed by atoms with Crippen molar-refractivity contribution < 1.29 is 4.39 Å². The van der Waals surface area contributed by atoms with Gasteiger partial charge in [0, 0.05) is 11.8 Å². The summed E-state index contributed by atoms with van der Waals surface area (Å²) in [7, 11) is 1.85. The van der Waals surface area contributed by atoms with Crippen LogP contribution in [0.3, 0.4) is 0 Å². The van der Waals surface area contributed by atoms with E-state index in [1.54, 1.807) is 18.3 Å². The lowest BCUT2D eigenvalue weighted by atomic mass is 9.96. The molecule has 0 bridgehead atoms. The van der Waals surface area contributed by atoms with Gasteiger partial charge in [-0.25, -0.2) is 9.37 Å². The number of nitrogen functional groups attached to an aromatic ring is 1. The van der Waals surface area contributed by atoms with Crippen LogP contribution in [0.25, 0.3) is 0 Å². The van der Waals surface area contributed by atoms with Crippen LogP contribution in [0.1, 0.15) is 22.7 Å². The number of nitrogens with one attached hydrogen (secondary N) is 1. The van der Waals surface area contributed by atoms with Gasteiger partial charge in [0.25, 0.3) is 0 Å². The first-order valence-electron chi connectivity index (χ1n) is 5.77. The number of nitrogens with zero attached hydrogens (tertiary/aromatic N) is 1. The van der Waals surface area contributed by atoms with Crippen LogP contribution in [-0.2, 0) is 0 Å². The van der Waals surface area contributed by atoms with Gasteiger partial charge in [0.1, 0.15) is 11.6 Å². The van der Waals surface area contributed by atoms with Gasteiger partial charge in [0.2, 0.25) is 0 Å². The molecule has 0 spiro atoms. The molecule has 1 atom stereocenters. The second-order valence-corrected chi connectivity index (χ2v) is 4.20. The largest absolute Gasteiger partial charge is 0.383 e. The molecule has 0 aliphatic heterocycles. The zero-order valence-corrected chi connectivity index (χ0v) is 10.4. The van der Waals surface area contributed by atoms with E-state index < -0.39 is 0 Å². The van der Waals surface area contributed by atoms with Gasteiger partial charge in [-0.15, -0.1) is 0 Å². The summed E-state index contributed by atoms with van der Waals surface area (Å²) in [5.41, 5.74) is 8.90. The fraction of sp³-hybridized carbons (Fsp3) is 0.214. The maximum Gasteiger partial charge on any atom is 0.128 e. The lowest BCUT2D eigenvalue weighted by Gasteiger charge is -2.20. The van der Waals surface area contributed by atoms with E-state index in [2.05, 4.69) is 10.3 Å². The molecule has 0 aliphatic rings. The molecular weight excluding hydrogens is 229 g/mol. The fourth-order valence-electron chi connectivity index (χ4n) is 2.10. The van der Waals surface area contributed by atoms with Crippen molar-refractivity contribution >= 4 is 5.82 Å². The lowest BCUT2D eigenvalue weighted by molar-refractivity contribution is 0.623. The zero-order chi connectivity index (χ0) is 13.1.